The van der Waals surface area contributed by atoms with E-state index in [0.29, 0.717) is 13.0 Å². The molecule has 0 fully saturated rings. The summed E-state index contributed by atoms with van der Waals surface area (Å²) in [4.78, 5) is 0. The van der Waals surface area contributed by atoms with E-state index in [1.165, 1.54) is 11.1 Å². The van der Waals surface area contributed by atoms with Crippen molar-refractivity contribution in [2.75, 3.05) is 6.61 Å². The van der Waals surface area contributed by atoms with Crippen molar-refractivity contribution >= 4 is 0 Å². The molecule has 0 bridgehead atoms. The van der Waals surface area contributed by atoms with Gasteiger partial charge in [0.2, 0.25) is 0 Å². The van der Waals surface area contributed by atoms with E-state index in [9.17, 15) is 5.11 Å². The minimum absolute atomic E-state index is 0.154. The van der Waals surface area contributed by atoms with Gasteiger partial charge in [0.05, 0.1) is 12.7 Å². The van der Waals surface area contributed by atoms with E-state index in [1.807, 2.05) is 13.8 Å². The van der Waals surface area contributed by atoms with E-state index in [2.05, 4.69) is 32.9 Å². The topological polar surface area (TPSA) is 55.5 Å². The molecule has 0 aromatic heterocycles. The van der Waals surface area contributed by atoms with E-state index in [0.717, 1.165) is 17.7 Å². The minimum Gasteiger partial charge on any atom is -0.493 e. The van der Waals surface area contributed by atoms with E-state index in [-0.39, 0.29) is 12.0 Å². The predicted molar refractivity (Wildman–Crippen MR) is 84.4 cm³/mol. The Bertz CT molecular complexity index is 431. The van der Waals surface area contributed by atoms with Crippen LogP contribution in [0.25, 0.3) is 0 Å². The Morgan fingerprint density at radius 1 is 1.25 bits per heavy atom. The number of rotatable bonds is 7. The van der Waals surface area contributed by atoms with Crippen LogP contribution in [-0.4, -0.2) is 23.9 Å². The lowest BCUT2D eigenvalue weighted by molar-refractivity contribution is 0.126. The zero-order valence-electron chi connectivity index (χ0n) is 13.4. The smallest absolute Gasteiger partial charge is 0.125 e. The van der Waals surface area contributed by atoms with Gasteiger partial charge in [0.25, 0.3) is 0 Å². The molecule has 3 heteroatoms. The third kappa shape index (κ3) is 4.22. The van der Waals surface area contributed by atoms with Crippen LogP contribution in [0.1, 0.15) is 56.2 Å². The Labute approximate surface area is 123 Å². The maximum absolute atomic E-state index is 10.1. The van der Waals surface area contributed by atoms with Crippen molar-refractivity contribution < 1.29 is 9.84 Å². The molecule has 3 N–H and O–H groups in total. The van der Waals surface area contributed by atoms with Crippen molar-refractivity contribution in [3.8, 4) is 5.75 Å². The first-order valence-electron chi connectivity index (χ1n) is 7.58. The molecule has 0 aliphatic carbocycles. The molecule has 20 heavy (non-hydrogen) atoms. The fourth-order valence-electron chi connectivity index (χ4n) is 2.63. The second kappa shape index (κ2) is 7.65. The number of aryl methyl sites for hydroxylation is 2. The first kappa shape index (κ1) is 17.0. The van der Waals surface area contributed by atoms with Gasteiger partial charge < -0.3 is 15.6 Å². The van der Waals surface area contributed by atoms with Gasteiger partial charge >= 0.3 is 0 Å². The molecule has 1 rings (SSSR count). The van der Waals surface area contributed by atoms with Crippen molar-refractivity contribution in [3.05, 3.63) is 28.8 Å². The molecule has 0 saturated carbocycles. The van der Waals surface area contributed by atoms with Gasteiger partial charge in [-0.25, -0.2) is 0 Å². The van der Waals surface area contributed by atoms with Gasteiger partial charge in [-0.05, 0) is 50.7 Å². The van der Waals surface area contributed by atoms with Gasteiger partial charge in [0.1, 0.15) is 5.75 Å². The normalized spacial score (nSPS) is 15.8. The number of aliphatic hydroxyl groups excluding tert-OH is 1. The van der Waals surface area contributed by atoms with Crippen molar-refractivity contribution in [2.45, 2.75) is 65.5 Å². The van der Waals surface area contributed by atoms with Crippen molar-refractivity contribution in [2.24, 2.45) is 5.73 Å². The first-order valence-corrected chi connectivity index (χ1v) is 7.58. The summed E-state index contributed by atoms with van der Waals surface area (Å²) in [5.41, 5.74) is 9.47. The summed E-state index contributed by atoms with van der Waals surface area (Å²) in [6.07, 6.45) is 0.988. The summed E-state index contributed by atoms with van der Waals surface area (Å²) in [5.74, 6) is 1.19. The summed E-state index contributed by atoms with van der Waals surface area (Å²) in [6, 6.07) is 4.14. The first-order chi connectivity index (χ1) is 9.40. The van der Waals surface area contributed by atoms with Gasteiger partial charge in [0.15, 0.2) is 0 Å². The fourth-order valence-corrected chi connectivity index (χ4v) is 2.63. The summed E-state index contributed by atoms with van der Waals surface area (Å²) >= 11 is 0. The van der Waals surface area contributed by atoms with E-state index in [1.54, 1.807) is 0 Å². The van der Waals surface area contributed by atoms with Crippen LogP contribution in [0.4, 0.5) is 0 Å². The molecule has 114 valence electrons. The molecule has 1 aromatic rings. The zero-order chi connectivity index (χ0) is 15.3. The van der Waals surface area contributed by atoms with Gasteiger partial charge in [0, 0.05) is 6.04 Å². The number of hydrogen-bond donors (Lipinski definition) is 2. The molecular formula is C17H29NO2. The molecule has 0 radical (unpaired) electrons. The second-order valence-corrected chi connectivity index (χ2v) is 5.71. The van der Waals surface area contributed by atoms with Gasteiger partial charge in [-0.2, -0.15) is 0 Å². The quantitative estimate of drug-likeness (QED) is 0.805. The van der Waals surface area contributed by atoms with Gasteiger partial charge in [-0.1, -0.05) is 31.5 Å². The lowest BCUT2D eigenvalue weighted by atomic mass is 9.89. The summed E-state index contributed by atoms with van der Waals surface area (Å²) in [7, 11) is 0. The molecule has 0 aliphatic rings. The minimum atomic E-state index is -0.467. The number of hydrogen-bond acceptors (Lipinski definition) is 3. The van der Waals surface area contributed by atoms with Gasteiger partial charge in [-0.15, -0.1) is 0 Å². The molecular weight excluding hydrogens is 250 g/mol. The molecule has 3 atom stereocenters. The third-order valence-electron chi connectivity index (χ3n) is 3.83. The molecule has 3 nitrogen and oxygen atoms in total. The lowest BCUT2D eigenvalue weighted by Gasteiger charge is -2.24. The van der Waals surface area contributed by atoms with Crippen molar-refractivity contribution in [1.82, 2.24) is 0 Å². The highest BCUT2D eigenvalue weighted by Gasteiger charge is 2.21. The Morgan fingerprint density at radius 3 is 2.45 bits per heavy atom. The van der Waals surface area contributed by atoms with Crippen LogP contribution in [0.3, 0.4) is 0 Å². The molecule has 0 aliphatic heterocycles. The zero-order valence-corrected chi connectivity index (χ0v) is 13.4. The number of benzene rings is 1. The number of ether oxygens (including phenoxy) is 1. The van der Waals surface area contributed by atoms with Gasteiger partial charge in [-0.3, -0.25) is 0 Å². The number of aliphatic hydroxyl groups is 1. The van der Waals surface area contributed by atoms with Crippen molar-refractivity contribution in [1.29, 1.82) is 0 Å². The number of nitrogens with two attached hydrogens (primary N) is 1. The van der Waals surface area contributed by atoms with E-state index in [4.69, 9.17) is 10.5 Å². The van der Waals surface area contributed by atoms with E-state index < -0.39 is 6.10 Å². The Balaban J connectivity index is 2.99. The largest absolute Gasteiger partial charge is 0.493 e. The summed E-state index contributed by atoms with van der Waals surface area (Å²) in [5, 5.41) is 10.1. The monoisotopic (exact) mass is 279 g/mol. The fraction of sp³-hybridized carbons (Fsp3) is 0.647. The average Bonchev–Trinajstić information content (AvgIpc) is 2.40. The summed E-state index contributed by atoms with van der Waals surface area (Å²) in [6.45, 7) is 10.9. The van der Waals surface area contributed by atoms with Crippen LogP contribution < -0.4 is 10.5 Å². The molecule has 0 spiro atoms. The molecule has 0 heterocycles. The maximum Gasteiger partial charge on any atom is 0.125 e. The molecule has 0 amide bonds. The highest BCUT2D eigenvalue weighted by atomic mass is 16.5. The average molecular weight is 279 g/mol. The highest BCUT2D eigenvalue weighted by molar-refractivity contribution is 5.45. The Hall–Kier alpha value is -1.06. The SMILES string of the molecule is CCOc1c(C)cc(C)cc1C(C)CC(O)C(N)CC. The maximum atomic E-state index is 10.1. The Kier molecular flexibility index (Phi) is 6.50. The summed E-state index contributed by atoms with van der Waals surface area (Å²) < 4.78 is 5.80. The van der Waals surface area contributed by atoms with Crippen LogP contribution in [0.5, 0.6) is 5.75 Å². The Morgan fingerprint density at radius 2 is 1.90 bits per heavy atom. The third-order valence-corrected chi connectivity index (χ3v) is 3.83. The highest BCUT2D eigenvalue weighted by Crippen LogP contribution is 2.34. The predicted octanol–water partition coefficient (Wildman–Crippen LogP) is 3.29. The standard InChI is InChI=1S/C17H29NO2/c1-6-15(18)16(19)10-12(4)14-9-11(3)8-13(5)17(14)20-7-2/h8-9,12,15-16,19H,6-7,10,18H2,1-5H3. The van der Waals surface area contributed by atoms with Crippen LogP contribution >= 0.6 is 0 Å². The molecule has 3 unspecified atom stereocenters. The van der Waals surface area contributed by atoms with Crippen LogP contribution in [0.2, 0.25) is 0 Å². The second-order valence-electron chi connectivity index (χ2n) is 5.71. The van der Waals surface area contributed by atoms with E-state index >= 15 is 0 Å². The van der Waals surface area contributed by atoms with Crippen LogP contribution in [0, 0.1) is 13.8 Å². The lowest BCUT2D eigenvalue weighted by Crippen LogP contribution is -2.34. The van der Waals surface area contributed by atoms with Crippen LogP contribution in [-0.2, 0) is 0 Å². The molecule has 0 saturated heterocycles. The van der Waals surface area contributed by atoms with Crippen LogP contribution in [0.15, 0.2) is 12.1 Å². The molecule has 1 aromatic carbocycles. The van der Waals surface area contributed by atoms with Crippen molar-refractivity contribution in [3.63, 3.8) is 0 Å².